The molecule has 158 valence electrons. The summed E-state index contributed by atoms with van der Waals surface area (Å²) in [6.07, 6.45) is 0.909. The second-order valence-corrected chi connectivity index (χ2v) is 18.1. The summed E-state index contributed by atoms with van der Waals surface area (Å²) in [5.41, 5.74) is 1.37. The second kappa shape index (κ2) is 8.74. The molecule has 0 spiro atoms. The topological polar surface area (TPSA) is 0 Å². The fraction of sp³-hybridized carbons (Fsp3) is 0.0345. The zero-order chi connectivity index (χ0) is 22.0. The Morgan fingerprint density at radius 1 is 0.531 bits per heavy atom. The summed E-state index contributed by atoms with van der Waals surface area (Å²) in [6.45, 7) is 0. The van der Waals surface area contributed by atoms with Crippen molar-refractivity contribution in [2.24, 2.45) is 0 Å². The molecule has 0 heterocycles. The molecule has 0 atom stereocenters. The Morgan fingerprint density at radius 3 is 1.47 bits per heavy atom. The zero-order valence-electron chi connectivity index (χ0n) is 17.5. The molecule has 0 radical (unpaired) electrons. The molecule has 3 heteroatoms. The summed E-state index contributed by atoms with van der Waals surface area (Å²) >= 11 is 7.12. The maximum atomic E-state index is 4.58. The molecule has 0 fully saturated rings. The van der Waals surface area contributed by atoms with Gasteiger partial charge in [-0.3, -0.25) is 0 Å². The van der Waals surface area contributed by atoms with E-state index in [2.05, 4.69) is 165 Å². The van der Waals surface area contributed by atoms with E-state index in [0.29, 0.717) is 0 Å². The van der Waals surface area contributed by atoms with Crippen LogP contribution < -0.4 is 15.9 Å². The van der Waals surface area contributed by atoms with Gasteiger partial charge in [0.15, 0.2) is 0 Å². The molecule has 0 bridgehead atoms. The number of halogens is 2. The van der Waals surface area contributed by atoms with Crippen molar-refractivity contribution >= 4 is 70.1 Å². The number of benzene rings is 5. The molecule has 0 aromatic heterocycles. The van der Waals surface area contributed by atoms with E-state index in [1.807, 2.05) is 0 Å². The first-order chi connectivity index (χ1) is 15.6. The summed E-state index contributed by atoms with van der Waals surface area (Å²) in [4.78, 5) is 0. The molecule has 0 saturated heterocycles. The van der Waals surface area contributed by atoms with Crippen LogP contribution in [0.2, 0.25) is 0 Å². The maximum absolute atomic E-state index is 4.58. The molecule has 0 aliphatic heterocycles. The van der Waals surface area contributed by atoms with Gasteiger partial charge in [-0.05, 0) is 0 Å². The van der Waals surface area contributed by atoms with Crippen LogP contribution in [0, 0.1) is 3.57 Å². The van der Waals surface area contributed by atoms with Gasteiger partial charge in [0.2, 0.25) is 0 Å². The molecule has 0 unspecified atom stereocenters. The summed E-state index contributed by atoms with van der Waals surface area (Å²) in [6, 6.07) is 46.3. The Labute approximate surface area is 211 Å². The van der Waals surface area contributed by atoms with Crippen molar-refractivity contribution in [3.63, 3.8) is 0 Å². The number of hydrogen-bond donors (Lipinski definition) is 0. The van der Waals surface area contributed by atoms with Crippen LogP contribution in [0.25, 0.3) is 10.8 Å². The van der Waals surface area contributed by atoms with Crippen LogP contribution in [-0.2, 0) is 6.16 Å². The van der Waals surface area contributed by atoms with Crippen LogP contribution >= 0.6 is 43.4 Å². The van der Waals surface area contributed by atoms with Gasteiger partial charge >= 0.3 is 213 Å². The van der Waals surface area contributed by atoms with E-state index in [4.69, 9.17) is 0 Å². The molecule has 0 nitrogen and oxygen atoms in total. The Kier molecular flexibility index (Phi) is 5.96. The molecule has 5 aromatic carbocycles. The molecule has 5 rings (SSSR count). The van der Waals surface area contributed by atoms with Gasteiger partial charge in [0, 0.05) is 0 Å². The van der Waals surface area contributed by atoms with Crippen LogP contribution in [0.3, 0.4) is 0 Å². The van der Waals surface area contributed by atoms with Crippen molar-refractivity contribution in [3.8, 4) is 0 Å². The van der Waals surface area contributed by atoms with Crippen LogP contribution in [-0.4, -0.2) is 0 Å². The van der Waals surface area contributed by atoms with Gasteiger partial charge in [0.05, 0.1) is 0 Å². The van der Waals surface area contributed by atoms with Gasteiger partial charge in [0.1, 0.15) is 0 Å². The van der Waals surface area contributed by atoms with Crippen molar-refractivity contribution in [1.82, 2.24) is 0 Å². The molecule has 32 heavy (non-hydrogen) atoms. The monoisotopic (exact) mass is 608 g/mol. The summed E-state index contributed by atoms with van der Waals surface area (Å²) in [5, 5.41) is 3.65. The average Bonchev–Trinajstić information content (AvgIpc) is 2.87. The van der Waals surface area contributed by atoms with E-state index in [1.54, 1.807) is 0 Å². The van der Waals surface area contributed by atoms with Crippen LogP contribution in [0.5, 0.6) is 0 Å². The first-order valence-corrected chi connectivity index (χ1v) is 16.2. The second-order valence-electron chi connectivity index (χ2n) is 8.11. The van der Waals surface area contributed by atoms with Crippen molar-refractivity contribution in [2.45, 2.75) is 6.16 Å². The average molecular weight is 609 g/mol. The predicted molar refractivity (Wildman–Crippen MR) is 154 cm³/mol. The summed E-state index contributed by atoms with van der Waals surface area (Å²) in [7, 11) is 0. The first-order valence-electron chi connectivity index (χ1n) is 10.7. The van der Waals surface area contributed by atoms with E-state index < -0.39 is 5.31 Å². The van der Waals surface area contributed by atoms with Gasteiger partial charge in [0.25, 0.3) is 0 Å². The molecule has 0 saturated carbocycles. The number of fused-ring (bicyclic) bond motifs is 1. The molecule has 0 amide bonds. The SMILES string of the molecule is BrP(Cc1ccc2ccccc2c1I)(c1ccccc1)(c1ccccc1)c1ccccc1. The molecule has 0 N–H and O–H groups in total. The van der Waals surface area contributed by atoms with Gasteiger partial charge in [-0.15, -0.1) is 0 Å². The van der Waals surface area contributed by atoms with Crippen molar-refractivity contribution < 1.29 is 0 Å². The van der Waals surface area contributed by atoms with Gasteiger partial charge in [-0.2, -0.15) is 0 Å². The quantitative estimate of drug-likeness (QED) is 0.141. The fourth-order valence-electron chi connectivity index (χ4n) is 4.66. The third-order valence-electron chi connectivity index (χ3n) is 6.29. The van der Waals surface area contributed by atoms with E-state index in [0.717, 1.165) is 6.16 Å². The van der Waals surface area contributed by atoms with Gasteiger partial charge in [-0.1, -0.05) is 0 Å². The zero-order valence-corrected chi connectivity index (χ0v) is 22.2. The van der Waals surface area contributed by atoms with E-state index in [9.17, 15) is 0 Å². The van der Waals surface area contributed by atoms with Crippen molar-refractivity contribution in [1.29, 1.82) is 0 Å². The molecule has 0 aliphatic carbocycles. The van der Waals surface area contributed by atoms with E-state index in [-0.39, 0.29) is 0 Å². The third-order valence-corrected chi connectivity index (χ3v) is 17.1. The Hall–Kier alpha value is -2.00. The van der Waals surface area contributed by atoms with Crippen molar-refractivity contribution in [2.75, 3.05) is 0 Å². The van der Waals surface area contributed by atoms with Crippen LogP contribution in [0.1, 0.15) is 5.56 Å². The molecule has 0 aliphatic rings. The summed E-state index contributed by atoms with van der Waals surface area (Å²) < 4.78 is 1.33. The Bertz CT molecular complexity index is 1270. The normalized spacial score (nSPS) is 12.9. The van der Waals surface area contributed by atoms with E-state index in [1.165, 1.54) is 35.8 Å². The molecule has 5 aromatic rings. The van der Waals surface area contributed by atoms with Gasteiger partial charge < -0.3 is 0 Å². The number of rotatable bonds is 5. The first kappa shape index (κ1) is 21.8. The van der Waals surface area contributed by atoms with Crippen LogP contribution in [0.4, 0.5) is 0 Å². The van der Waals surface area contributed by atoms with Gasteiger partial charge in [-0.25, -0.2) is 0 Å². The standard InChI is InChI=1S/C29H23BrIP/c30-32(25-13-4-1-5-14-25,26-15-6-2-7-16-26,27-17-8-3-9-18-27)22-24-21-20-23-12-10-11-19-28(23)29(24)31/h1-21H,22H2. The van der Waals surface area contributed by atoms with Crippen molar-refractivity contribution in [3.05, 3.63) is 137 Å². The minimum absolute atomic E-state index is 0.909. The number of hydrogen-bond acceptors (Lipinski definition) is 0. The minimum atomic E-state index is -3.00. The molecular formula is C29H23BrIP. The predicted octanol–water partition coefficient (Wildman–Crippen LogP) is 7.78. The molecular weight excluding hydrogens is 586 g/mol. The Balaban J connectivity index is 1.86. The third kappa shape index (κ3) is 3.53. The Morgan fingerprint density at radius 2 is 0.969 bits per heavy atom. The summed E-state index contributed by atoms with van der Waals surface area (Å²) in [5.74, 6) is 0. The van der Waals surface area contributed by atoms with E-state index >= 15 is 0 Å². The van der Waals surface area contributed by atoms with Crippen LogP contribution in [0.15, 0.2) is 127 Å². The fourth-order valence-corrected chi connectivity index (χ4v) is 13.5.